The van der Waals surface area contributed by atoms with E-state index in [1.165, 1.54) is 16.0 Å². The fourth-order valence-electron chi connectivity index (χ4n) is 3.74. The number of carbonyl (C=O) groups is 2. The van der Waals surface area contributed by atoms with Crippen LogP contribution in [0.2, 0.25) is 0 Å². The van der Waals surface area contributed by atoms with Crippen LogP contribution in [0.5, 0.6) is 0 Å². The smallest absolute Gasteiger partial charge is 0.413 e. The summed E-state index contributed by atoms with van der Waals surface area (Å²) in [5, 5.41) is 0. The molecule has 1 fully saturated rings. The Kier molecular flexibility index (Phi) is 6.02. The van der Waals surface area contributed by atoms with Crippen molar-refractivity contribution in [1.29, 1.82) is 0 Å². The van der Waals surface area contributed by atoms with Crippen LogP contribution in [0.4, 0.5) is 4.79 Å². The molecule has 2 aliphatic rings. The molecule has 1 aliphatic carbocycles. The van der Waals surface area contributed by atoms with Gasteiger partial charge in [0.2, 0.25) is 0 Å². The Labute approximate surface area is 184 Å². The van der Waals surface area contributed by atoms with Crippen molar-refractivity contribution in [2.45, 2.75) is 37.5 Å². The molecule has 7 heteroatoms. The summed E-state index contributed by atoms with van der Waals surface area (Å²) in [6.45, 7) is 6.51. The van der Waals surface area contributed by atoms with E-state index in [1.807, 2.05) is 24.3 Å². The van der Waals surface area contributed by atoms with Crippen LogP contribution < -0.4 is 0 Å². The number of ether oxygens (including phenoxy) is 2. The number of rotatable bonds is 5. The zero-order valence-electron chi connectivity index (χ0n) is 17.3. The van der Waals surface area contributed by atoms with Gasteiger partial charge < -0.3 is 9.47 Å². The zero-order valence-corrected chi connectivity index (χ0v) is 18.9. The average molecular weight is 444 g/mol. The molecular formula is C23H25NO4S2. The van der Waals surface area contributed by atoms with Gasteiger partial charge in [-0.2, -0.15) is 0 Å². The maximum absolute atomic E-state index is 12.8. The van der Waals surface area contributed by atoms with Gasteiger partial charge in [0.05, 0.1) is 0 Å². The normalized spacial score (nSPS) is 18.2. The molecule has 1 heterocycles. The monoisotopic (exact) mass is 443 g/mol. The van der Waals surface area contributed by atoms with Gasteiger partial charge in [-0.05, 0) is 22.3 Å². The van der Waals surface area contributed by atoms with Gasteiger partial charge in [0.15, 0.2) is 6.73 Å². The first-order valence-corrected chi connectivity index (χ1v) is 12.3. The Hall–Kier alpha value is -2.12. The van der Waals surface area contributed by atoms with E-state index in [2.05, 4.69) is 45.0 Å². The SMILES string of the molecule is CC(C)(C)SSC[C@H]1C(=O)OCN1C(=O)OCC1c2ccccc2-c2ccccc21. The molecule has 30 heavy (non-hydrogen) atoms. The van der Waals surface area contributed by atoms with Crippen molar-refractivity contribution in [3.63, 3.8) is 0 Å². The highest BCUT2D eigenvalue weighted by Gasteiger charge is 2.39. The minimum atomic E-state index is -0.611. The van der Waals surface area contributed by atoms with Crippen LogP contribution in [0.3, 0.4) is 0 Å². The minimum absolute atomic E-state index is 0.00940. The first kappa shape index (κ1) is 21.1. The van der Waals surface area contributed by atoms with E-state index in [0.29, 0.717) is 5.75 Å². The summed E-state index contributed by atoms with van der Waals surface area (Å²) in [5.74, 6) is 0.0979. The molecule has 0 saturated carbocycles. The molecule has 0 unspecified atom stereocenters. The summed E-state index contributed by atoms with van der Waals surface area (Å²) in [7, 11) is 3.26. The molecular weight excluding hydrogens is 418 g/mol. The number of nitrogens with zero attached hydrogens (tertiary/aromatic N) is 1. The van der Waals surface area contributed by atoms with Crippen LogP contribution in [0.25, 0.3) is 11.1 Å². The van der Waals surface area contributed by atoms with Gasteiger partial charge >= 0.3 is 12.1 Å². The van der Waals surface area contributed by atoms with Gasteiger partial charge in [0.25, 0.3) is 0 Å². The van der Waals surface area contributed by atoms with Crippen LogP contribution >= 0.6 is 21.6 Å². The Morgan fingerprint density at radius 1 is 1.10 bits per heavy atom. The number of benzene rings is 2. The Morgan fingerprint density at radius 2 is 1.70 bits per heavy atom. The van der Waals surface area contributed by atoms with Gasteiger partial charge in [-0.15, -0.1) is 0 Å². The molecule has 5 nitrogen and oxygen atoms in total. The van der Waals surface area contributed by atoms with E-state index in [-0.39, 0.29) is 30.0 Å². The molecule has 1 saturated heterocycles. The molecule has 0 N–H and O–H groups in total. The van der Waals surface area contributed by atoms with Crippen LogP contribution in [0, 0.1) is 0 Å². The second-order valence-corrected chi connectivity index (χ2v) is 11.5. The highest BCUT2D eigenvalue weighted by Crippen LogP contribution is 2.44. The van der Waals surface area contributed by atoms with Gasteiger partial charge in [0.1, 0.15) is 12.6 Å². The summed E-state index contributed by atoms with van der Waals surface area (Å²) in [4.78, 5) is 26.3. The summed E-state index contributed by atoms with van der Waals surface area (Å²) >= 11 is 0. The molecule has 0 bridgehead atoms. The van der Waals surface area contributed by atoms with E-state index in [0.717, 1.165) is 11.1 Å². The number of fused-ring (bicyclic) bond motifs is 3. The third-order valence-electron chi connectivity index (χ3n) is 5.10. The predicted molar refractivity (Wildman–Crippen MR) is 121 cm³/mol. The molecule has 4 rings (SSSR count). The number of esters is 1. The minimum Gasteiger partial charge on any atom is -0.448 e. The molecule has 0 aromatic heterocycles. The second-order valence-electron chi connectivity index (χ2n) is 8.36. The van der Waals surface area contributed by atoms with Crippen molar-refractivity contribution in [3.8, 4) is 11.1 Å². The fraction of sp³-hybridized carbons (Fsp3) is 0.391. The predicted octanol–water partition coefficient (Wildman–Crippen LogP) is 5.30. The van der Waals surface area contributed by atoms with Gasteiger partial charge in [0, 0.05) is 16.4 Å². The maximum atomic E-state index is 12.8. The van der Waals surface area contributed by atoms with Crippen LogP contribution in [0.15, 0.2) is 48.5 Å². The molecule has 1 aliphatic heterocycles. The van der Waals surface area contributed by atoms with Crippen LogP contribution in [-0.4, -0.2) is 46.8 Å². The van der Waals surface area contributed by atoms with E-state index < -0.39 is 12.1 Å². The van der Waals surface area contributed by atoms with E-state index >= 15 is 0 Å². The lowest BCUT2D eigenvalue weighted by Crippen LogP contribution is -2.40. The van der Waals surface area contributed by atoms with Crippen LogP contribution in [0.1, 0.15) is 37.8 Å². The third kappa shape index (κ3) is 4.32. The maximum Gasteiger partial charge on any atom is 0.413 e. The number of hydrogen-bond donors (Lipinski definition) is 0. The molecule has 0 radical (unpaired) electrons. The summed E-state index contributed by atoms with van der Waals surface area (Å²) in [6, 6.07) is 15.8. The number of hydrogen-bond acceptors (Lipinski definition) is 6. The second kappa shape index (κ2) is 8.55. The average Bonchev–Trinajstić information content (AvgIpc) is 3.24. The van der Waals surface area contributed by atoms with Crippen molar-refractivity contribution in [2.75, 3.05) is 19.1 Å². The number of cyclic esters (lactones) is 1. The Morgan fingerprint density at radius 3 is 2.30 bits per heavy atom. The summed E-state index contributed by atoms with van der Waals surface area (Å²) in [6.07, 6.45) is -0.505. The lowest BCUT2D eigenvalue weighted by molar-refractivity contribution is -0.138. The molecule has 0 spiro atoms. The molecule has 158 valence electrons. The molecule has 2 aromatic carbocycles. The molecule has 1 atom stereocenters. The quantitative estimate of drug-likeness (QED) is 0.462. The molecule has 2 aromatic rings. The van der Waals surface area contributed by atoms with Crippen molar-refractivity contribution in [2.24, 2.45) is 0 Å². The summed E-state index contributed by atoms with van der Waals surface area (Å²) < 4.78 is 10.9. The topological polar surface area (TPSA) is 55.8 Å². The highest BCUT2D eigenvalue weighted by molar-refractivity contribution is 8.77. The van der Waals surface area contributed by atoms with E-state index in [9.17, 15) is 9.59 Å². The molecule has 1 amide bonds. The Bertz CT molecular complexity index is 911. The Balaban J connectivity index is 1.42. The summed E-state index contributed by atoms with van der Waals surface area (Å²) in [5.41, 5.74) is 4.69. The van der Waals surface area contributed by atoms with Crippen molar-refractivity contribution in [3.05, 3.63) is 59.7 Å². The van der Waals surface area contributed by atoms with E-state index in [4.69, 9.17) is 9.47 Å². The van der Waals surface area contributed by atoms with Gasteiger partial charge in [-0.3, -0.25) is 4.90 Å². The highest BCUT2D eigenvalue weighted by atomic mass is 33.1. The largest absolute Gasteiger partial charge is 0.448 e. The lowest BCUT2D eigenvalue weighted by Gasteiger charge is -2.22. The van der Waals surface area contributed by atoms with Crippen molar-refractivity contribution < 1.29 is 19.1 Å². The van der Waals surface area contributed by atoms with Gasteiger partial charge in [-0.1, -0.05) is 90.9 Å². The lowest BCUT2D eigenvalue weighted by atomic mass is 9.98. The third-order valence-corrected chi connectivity index (χ3v) is 8.43. The first-order valence-electron chi connectivity index (χ1n) is 9.94. The standard InChI is InChI=1S/C23H25NO4S2/c1-23(2,3)30-29-13-20-21(25)28-14-24(20)22(26)27-12-19-17-10-6-4-8-15(17)16-9-5-7-11-18(16)19/h4-11,19-20H,12-14H2,1-3H3/t20-/m0/s1. The van der Waals surface area contributed by atoms with Crippen molar-refractivity contribution >= 4 is 33.7 Å². The van der Waals surface area contributed by atoms with Gasteiger partial charge in [-0.25, -0.2) is 9.59 Å². The first-order chi connectivity index (χ1) is 14.3. The number of amides is 1. The fourth-order valence-corrected chi connectivity index (χ4v) is 6.25. The van der Waals surface area contributed by atoms with E-state index in [1.54, 1.807) is 21.6 Å². The number of carbonyl (C=O) groups excluding carboxylic acids is 2. The van der Waals surface area contributed by atoms with Crippen LogP contribution in [-0.2, 0) is 14.3 Å². The zero-order chi connectivity index (χ0) is 21.3. The van der Waals surface area contributed by atoms with Crippen molar-refractivity contribution in [1.82, 2.24) is 4.90 Å².